The molecule has 0 saturated heterocycles. The van der Waals surface area contributed by atoms with Gasteiger partial charge in [-0.2, -0.15) is 0 Å². The second kappa shape index (κ2) is 10.0. The highest BCUT2D eigenvalue weighted by molar-refractivity contribution is 7.92. The summed E-state index contributed by atoms with van der Waals surface area (Å²) in [4.78, 5) is 12.9. The van der Waals surface area contributed by atoms with Gasteiger partial charge in [0.1, 0.15) is 0 Å². The van der Waals surface area contributed by atoms with Gasteiger partial charge in [0.05, 0.1) is 24.5 Å². The Morgan fingerprint density at radius 1 is 0.941 bits per heavy atom. The van der Waals surface area contributed by atoms with E-state index in [1.165, 1.54) is 34.5 Å². The van der Waals surface area contributed by atoms with Crippen molar-refractivity contribution in [2.75, 3.05) is 10.6 Å². The third kappa shape index (κ3) is 5.68. The molecule has 0 fully saturated rings. The fourth-order valence-corrected chi connectivity index (χ4v) is 5.31. The lowest BCUT2D eigenvalue weighted by Gasteiger charge is -2.23. The minimum absolute atomic E-state index is 0.117. The van der Waals surface area contributed by atoms with Crippen molar-refractivity contribution >= 4 is 21.6 Å². The molecule has 6 heteroatoms. The summed E-state index contributed by atoms with van der Waals surface area (Å²) in [6.07, 6.45) is 5.90. The van der Waals surface area contributed by atoms with Crippen molar-refractivity contribution in [3.8, 4) is 0 Å². The molecule has 4 rings (SSSR count). The molecule has 3 aromatic carbocycles. The molecule has 3 aromatic rings. The van der Waals surface area contributed by atoms with Crippen molar-refractivity contribution in [3.63, 3.8) is 0 Å². The molecule has 0 saturated carbocycles. The van der Waals surface area contributed by atoms with Gasteiger partial charge in [-0.05, 0) is 86.1 Å². The average molecular weight is 477 g/mol. The lowest BCUT2D eigenvalue weighted by molar-refractivity contribution is 0.0940. The van der Waals surface area contributed by atoms with E-state index >= 15 is 0 Å². The fraction of sp³-hybridized carbons (Fsp3) is 0.321. The van der Waals surface area contributed by atoms with Crippen LogP contribution in [0.3, 0.4) is 0 Å². The first-order valence-corrected chi connectivity index (χ1v) is 13.6. The Morgan fingerprint density at radius 3 is 2.24 bits per heavy atom. The van der Waals surface area contributed by atoms with Gasteiger partial charge in [-0.1, -0.05) is 48.0 Å². The number of sulfonamides is 1. The van der Waals surface area contributed by atoms with Crippen molar-refractivity contribution in [2.24, 2.45) is 0 Å². The van der Waals surface area contributed by atoms with E-state index in [-0.39, 0.29) is 18.5 Å². The summed E-state index contributed by atoms with van der Waals surface area (Å²) in [6.45, 7) is 4.22. The number of amides is 1. The Morgan fingerprint density at radius 2 is 1.59 bits per heavy atom. The van der Waals surface area contributed by atoms with Gasteiger partial charge in [0.2, 0.25) is 10.0 Å². The standard InChI is InChI=1S/C28H32N2O3S/c1-20-8-10-22(11-9-20)19-30(34(3,32)33)27-16-14-24(15-17-27)28(31)29-21(2)25-13-12-23-6-4-5-7-26(23)18-25/h8-18,21H,4-7,19H2,1-3H3,(H,29,31)/t21-/m0/s1. The van der Waals surface area contributed by atoms with Gasteiger partial charge in [-0.25, -0.2) is 8.42 Å². The molecule has 1 aliphatic carbocycles. The number of rotatable bonds is 7. The lowest BCUT2D eigenvalue weighted by atomic mass is 9.89. The zero-order valence-corrected chi connectivity index (χ0v) is 20.9. The molecule has 5 nitrogen and oxygen atoms in total. The smallest absolute Gasteiger partial charge is 0.251 e. The largest absolute Gasteiger partial charge is 0.346 e. The number of benzene rings is 3. The average Bonchev–Trinajstić information content (AvgIpc) is 2.82. The maximum Gasteiger partial charge on any atom is 0.251 e. The van der Waals surface area contributed by atoms with Crippen LogP contribution in [-0.2, 0) is 29.4 Å². The van der Waals surface area contributed by atoms with Crippen LogP contribution in [0.1, 0.15) is 64.0 Å². The summed E-state index contributed by atoms with van der Waals surface area (Å²) < 4.78 is 26.3. The van der Waals surface area contributed by atoms with Crippen LogP contribution in [0, 0.1) is 6.92 Å². The molecular weight excluding hydrogens is 444 g/mol. The summed E-state index contributed by atoms with van der Waals surface area (Å²) in [5.41, 5.74) is 6.96. The molecule has 34 heavy (non-hydrogen) atoms. The van der Waals surface area contributed by atoms with E-state index in [9.17, 15) is 13.2 Å². The highest BCUT2D eigenvalue weighted by Gasteiger charge is 2.19. The zero-order valence-electron chi connectivity index (χ0n) is 20.0. The summed E-state index contributed by atoms with van der Waals surface area (Å²) in [5, 5.41) is 3.07. The van der Waals surface area contributed by atoms with E-state index < -0.39 is 10.0 Å². The number of carbonyl (C=O) groups is 1. The normalized spacial score (nSPS) is 14.2. The summed E-state index contributed by atoms with van der Waals surface area (Å²) in [7, 11) is -3.49. The predicted octanol–water partition coefficient (Wildman–Crippen LogP) is 5.33. The van der Waals surface area contributed by atoms with Crippen molar-refractivity contribution in [1.29, 1.82) is 0 Å². The Kier molecular flexibility index (Phi) is 7.08. The van der Waals surface area contributed by atoms with E-state index in [2.05, 4.69) is 23.5 Å². The van der Waals surface area contributed by atoms with Crippen LogP contribution in [-0.4, -0.2) is 20.6 Å². The fourth-order valence-electron chi connectivity index (χ4n) is 4.42. The van der Waals surface area contributed by atoms with Gasteiger partial charge in [0.15, 0.2) is 0 Å². The first kappa shape index (κ1) is 24.0. The van der Waals surface area contributed by atoms with Crippen molar-refractivity contribution in [3.05, 3.63) is 100 Å². The molecule has 0 spiro atoms. The molecule has 0 bridgehead atoms. The first-order valence-electron chi connectivity index (χ1n) is 11.8. The Labute approximate surface area is 202 Å². The SMILES string of the molecule is Cc1ccc(CN(c2ccc(C(=O)N[C@@H](C)c3ccc4c(c3)CCCC4)cc2)S(C)(=O)=O)cc1. The van der Waals surface area contributed by atoms with Gasteiger partial charge in [0.25, 0.3) is 5.91 Å². The van der Waals surface area contributed by atoms with E-state index in [0.29, 0.717) is 11.3 Å². The Hall–Kier alpha value is -3.12. The molecule has 1 aliphatic rings. The van der Waals surface area contributed by atoms with Crippen LogP contribution in [0.5, 0.6) is 0 Å². The van der Waals surface area contributed by atoms with Gasteiger partial charge in [-0.15, -0.1) is 0 Å². The number of carbonyl (C=O) groups excluding carboxylic acids is 1. The van der Waals surface area contributed by atoms with Gasteiger partial charge < -0.3 is 5.32 Å². The topological polar surface area (TPSA) is 66.5 Å². The van der Waals surface area contributed by atoms with Crippen molar-refractivity contribution < 1.29 is 13.2 Å². The van der Waals surface area contributed by atoms with Gasteiger partial charge in [-0.3, -0.25) is 9.10 Å². The third-order valence-corrected chi connectivity index (χ3v) is 7.63. The predicted molar refractivity (Wildman–Crippen MR) is 138 cm³/mol. The first-order chi connectivity index (χ1) is 16.2. The Bertz CT molecular complexity index is 1270. The van der Waals surface area contributed by atoms with Crippen LogP contribution in [0.25, 0.3) is 0 Å². The minimum atomic E-state index is -3.49. The molecule has 1 amide bonds. The lowest BCUT2D eigenvalue weighted by Crippen LogP contribution is -2.29. The third-order valence-electron chi connectivity index (χ3n) is 6.48. The number of nitrogens with zero attached hydrogens (tertiary/aromatic N) is 1. The number of hydrogen-bond donors (Lipinski definition) is 1. The highest BCUT2D eigenvalue weighted by Crippen LogP contribution is 2.25. The molecule has 178 valence electrons. The van der Waals surface area contributed by atoms with Crippen LogP contribution in [0.2, 0.25) is 0 Å². The number of anilines is 1. The van der Waals surface area contributed by atoms with Crippen LogP contribution >= 0.6 is 0 Å². The monoisotopic (exact) mass is 476 g/mol. The quantitative estimate of drug-likeness (QED) is 0.501. The van der Waals surface area contributed by atoms with Crippen LogP contribution in [0.15, 0.2) is 66.7 Å². The second-order valence-corrected chi connectivity index (χ2v) is 11.1. The van der Waals surface area contributed by atoms with E-state index in [1.54, 1.807) is 24.3 Å². The van der Waals surface area contributed by atoms with E-state index in [4.69, 9.17) is 0 Å². The second-order valence-electron chi connectivity index (χ2n) is 9.23. The van der Waals surface area contributed by atoms with Gasteiger partial charge in [0, 0.05) is 5.56 Å². The van der Waals surface area contributed by atoms with E-state index in [0.717, 1.165) is 29.5 Å². The zero-order chi connectivity index (χ0) is 24.3. The molecule has 0 unspecified atom stereocenters. The Balaban J connectivity index is 1.47. The van der Waals surface area contributed by atoms with Crippen LogP contribution in [0.4, 0.5) is 5.69 Å². The molecule has 1 atom stereocenters. The van der Waals surface area contributed by atoms with E-state index in [1.807, 2.05) is 38.1 Å². The molecule has 1 N–H and O–H groups in total. The summed E-state index contributed by atoms with van der Waals surface area (Å²) >= 11 is 0. The minimum Gasteiger partial charge on any atom is -0.346 e. The number of aryl methyl sites for hydroxylation is 3. The summed E-state index contributed by atoms with van der Waals surface area (Å²) in [6, 6.07) is 20.9. The van der Waals surface area contributed by atoms with Gasteiger partial charge >= 0.3 is 0 Å². The molecular formula is C28H32N2O3S. The highest BCUT2D eigenvalue weighted by atomic mass is 32.2. The molecule has 0 heterocycles. The van der Waals surface area contributed by atoms with Crippen molar-refractivity contribution in [1.82, 2.24) is 5.32 Å². The van der Waals surface area contributed by atoms with Crippen LogP contribution < -0.4 is 9.62 Å². The van der Waals surface area contributed by atoms with Crippen molar-refractivity contribution in [2.45, 2.75) is 52.1 Å². The number of fused-ring (bicyclic) bond motifs is 1. The number of hydrogen-bond acceptors (Lipinski definition) is 3. The molecule has 0 aromatic heterocycles. The maximum absolute atomic E-state index is 12.9. The summed E-state index contributed by atoms with van der Waals surface area (Å²) in [5.74, 6) is -0.179. The molecule has 0 radical (unpaired) electrons. The number of nitrogens with one attached hydrogen (secondary N) is 1. The molecule has 0 aliphatic heterocycles. The maximum atomic E-state index is 12.9.